The number of hydrogen-bond donors (Lipinski definition) is 2. The monoisotopic (exact) mass is 332 g/mol. The van der Waals surface area contributed by atoms with Crippen LogP contribution in [0.1, 0.15) is 25.1 Å². The summed E-state index contributed by atoms with van der Waals surface area (Å²) in [6, 6.07) is 8.24. The number of carbonyl (C=O) groups excluding carboxylic acids is 1. The maximum Gasteiger partial charge on any atom is 0.308 e. The molecule has 0 fully saturated rings. The molecule has 1 heterocycles. The second kappa shape index (κ2) is 7.87. The average Bonchev–Trinajstić information content (AvgIpc) is 3.01. The van der Waals surface area contributed by atoms with E-state index in [0.29, 0.717) is 5.69 Å². The second-order valence-electron chi connectivity index (χ2n) is 5.41. The SMILES string of the molecule is CCc1ccc(-c2nc(CC(=O)NCC(C)C(=O)O)cs2)cc1. The van der Waals surface area contributed by atoms with Crippen molar-refractivity contribution in [3.05, 3.63) is 40.9 Å². The highest BCUT2D eigenvalue weighted by atomic mass is 32.1. The van der Waals surface area contributed by atoms with Crippen molar-refractivity contribution in [2.24, 2.45) is 5.92 Å². The van der Waals surface area contributed by atoms with E-state index < -0.39 is 11.9 Å². The van der Waals surface area contributed by atoms with Gasteiger partial charge in [0.15, 0.2) is 0 Å². The van der Waals surface area contributed by atoms with Gasteiger partial charge in [0.1, 0.15) is 5.01 Å². The summed E-state index contributed by atoms with van der Waals surface area (Å²) >= 11 is 1.50. The number of hydrogen-bond acceptors (Lipinski definition) is 4. The highest BCUT2D eigenvalue weighted by Crippen LogP contribution is 2.24. The van der Waals surface area contributed by atoms with E-state index in [0.717, 1.165) is 17.0 Å². The molecule has 23 heavy (non-hydrogen) atoms. The van der Waals surface area contributed by atoms with Crippen molar-refractivity contribution >= 4 is 23.2 Å². The fourth-order valence-corrected chi connectivity index (χ4v) is 2.81. The van der Waals surface area contributed by atoms with Crippen molar-refractivity contribution in [1.29, 1.82) is 0 Å². The molecule has 6 heteroatoms. The number of carboxylic acid groups (broad SMARTS) is 1. The lowest BCUT2D eigenvalue weighted by Gasteiger charge is -2.07. The molecule has 1 unspecified atom stereocenters. The van der Waals surface area contributed by atoms with Crippen molar-refractivity contribution in [2.45, 2.75) is 26.7 Å². The summed E-state index contributed by atoms with van der Waals surface area (Å²) in [5, 5.41) is 14.2. The molecule has 1 aromatic heterocycles. The van der Waals surface area contributed by atoms with Gasteiger partial charge in [0, 0.05) is 17.5 Å². The predicted octanol–water partition coefficient (Wildman–Crippen LogP) is 2.75. The van der Waals surface area contributed by atoms with E-state index >= 15 is 0 Å². The van der Waals surface area contributed by atoms with E-state index in [1.807, 2.05) is 17.5 Å². The molecule has 0 spiro atoms. The lowest BCUT2D eigenvalue weighted by atomic mass is 10.1. The predicted molar refractivity (Wildman–Crippen MR) is 90.4 cm³/mol. The third-order valence-electron chi connectivity index (χ3n) is 3.53. The number of aryl methyl sites for hydroxylation is 1. The van der Waals surface area contributed by atoms with Gasteiger partial charge in [-0.15, -0.1) is 11.3 Å². The lowest BCUT2D eigenvalue weighted by Crippen LogP contribution is -2.32. The fourth-order valence-electron chi connectivity index (χ4n) is 1.99. The van der Waals surface area contributed by atoms with Crippen molar-refractivity contribution in [3.8, 4) is 10.6 Å². The smallest absolute Gasteiger partial charge is 0.308 e. The van der Waals surface area contributed by atoms with Crippen LogP contribution in [0.25, 0.3) is 10.6 Å². The topological polar surface area (TPSA) is 79.3 Å². The molecule has 5 nitrogen and oxygen atoms in total. The van der Waals surface area contributed by atoms with Crippen LogP contribution >= 0.6 is 11.3 Å². The molecule has 0 bridgehead atoms. The van der Waals surface area contributed by atoms with Gasteiger partial charge in [-0.3, -0.25) is 9.59 Å². The van der Waals surface area contributed by atoms with Crippen molar-refractivity contribution in [2.75, 3.05) is 6.54 Å². The number of thiazole rings is 1. The summed E-state index contributed by atoms with van der Waals surface area (Å²) in [6.45, 7) is 3.80. The number of amides is 1. The van der Waals surface area contributed by atoms with E-state index in [1.54, 1.807) is 6.92 Å². The molecule has 0 aliphatic rings. The van der Waals surface area contributed by atoms with Gasteiger partial charge in [-0.05, 0) is 12.0 Å². The van der Waals surface area contributed by atoms with Gasteiger partial charge in [0.25, 0.3) is 0 Å². The summed E-state index contributed by atoms with van der Waals surface area (Å²) in [5.74, 6) is -1.73. The Balaban J connectivity index is 1.93. The quantitative estimate of drug-likeness (QED) is 0.817. The first kappa shape index (κ1) is 17.1. The van der Waals surface area contributed by atoms with E-state index in [4.69, 9.17) is 5.11 Å². The second-order valence-corrected chi connectivity index (χ2v) is 6.27. The largest absolute Gasteiger partial charge is 0.481 e. The first-order valence-electron chi connectivity index (χ1n) is 7.52. The highest BCUT2D eigenvalue weighted by Gasteiger charge is 2.13. The van der Waals surface area contributed by atoms with Crippen LogP contribution < -0.4 is 5.32 Å². The zero-order chi connectivity index (χ0) is 16.8. The zero-order valence-corrected chi connectivity index (χ0v) is 14.0. The number of nitrogens with zero attached hydrogens (tertiary/aromatic N) is 1. The van der Waals surface area contributed by atoms with Crippen LogP contribution in [0.5, 0.6) is 0 Å². The van der Waals surface area contributed by atoms with Gasteiger partial charge in [-0.1, -0.05) is 38.1 Å². The van der Waals surface area contributed by atoms with Crippen molar-refractivity contribution < 1.29 is 14.7 Å². The van der Waals surface area contributed by atoms with Crippen LogP contribution in [0, 0.1) is 5.92 Å². The van der Waals surface area contributed by atoms with E-state index in [9.17, 15) is 9.59 Å². The summed E-state index contributed by atoms with van der Waals surface area (Å²) in [7, 11) is 0. The maximum absolute atomic E-state index is 11.8. The third-order valence-corrected chi connectivity index (χ3v) is 4.47. The number of nitrogens with one attached hydrogen (secondary N) is 1. The first-order chi connectivity index (χ1) is 11.0. The van der Waals surface area contributed by atoms with Gasteiger partial charge in [0.05, 0.1) is 18.0 Å². The van der Waals surface area contributed by atoms with Crippen molar-refractivity contribution in [3.63, 3.8) is 0 Å². The number of carboxylic acids is 1. The Hall–Kier alpha value is -2.21. The van der Waals surface area contributed by atoms with Crippen LogP contribution in [0.15, 0.2) is 29.6 Å². The van der Waals surface area contributed by atoms with Crippen LogP contribution in [-0.2, 0) is 22.4 Å². The minimum atomic E-state index is -0.920. The molecule has 0 radical (unpaired) electrons. The molecule has 2 rings (SSSR count). The van der Waals surface area contributed by atoms with E-state index in [-0.39, 0.29) is 18.9 Å². The Bertz CT molecular complexity index is 679. The normalized spacial score (nSPS) is 11.9. The molecule has 2 N–H and O–H groups in total. The number of benzene rings is 1. The number of carbonyl (C=O) groups is 2. The van der Waals surface area contributed by atoms with Crippen LogP contribution in [0.3, 0.4) is 0 Å². The highest BCUT2D eigenvalue weighted by molar-refractivity contribution is 7.13. The molecule has 0 saturated heterocycles. The summed E-state index contributed by atoms with van der Waals surface area (Å²) in [5.41, 5.74) is 3.01. The molecule has 0 aliphatic carbocycles. The van der Waals surface area contributed by atoms with Crippen LogP contribution in [0.4, 0.5) is 0 Å². The Morgan fingerprint density at radius 3 is 2.61 bits per heavy atom. The minimum Gasteiger partial charge on any atom is -0.481 e. The summed E-state index contributed by atoms with van der Waals surface area (Å²) in [6.07, 6.45) is 1.16. The van der Waals surface area contributed by atoms with Crippen molar-refractivity contribution in [1.82, 2.24) is 10.3 Å². The summed E-state index contributed by atoms with van der Waals surface area (Å²) in [4.78, 5) is 27.0. The first-order valence-corrected chi connectivity index (χ1v) is 8.40. The van der Waals surface area contributed by atoms with Gasteiger partial charge >= 0.3 is 5.97 Å². The average molecular weight is 332 g/mol. The molecular weight excluding hydrogens is 312 g/mol. The number of aliphatic carboxylic acids is 1. The summed E-state index contributed by atoms with van der Waals surface area (Å²) < 4.78 is 0. The molecule has 0 aliphatic heterocycles. The minimum absolute atomic E-state index is 0.129. The molecular formula is C17H20N2O3S. The van der Waals surface area contributed by atoms with Gasteiger partial charge in [-0.25, -0.2) is 4.98 Å². The zero-order valence-electron chi connectivity index (χ0n) is 13.2. The Morgan fingerprint density at radius 2 is 2.00 bits per heavy atom. The third kappa shape index (κ3) is 4.89. The molecule has 0 saturated carbocycles. The molecule has 1 amide bonds. The number of aromatic nitrogens is 1. The molecule has 2 aromatic rings. The van der Waals surface area contributed by atoms with E-state index in [2.05, 4.69) is 29.4 Å². The number of rotatable bonds is 7. The van der Waals surface area contributed by atoms with Crippen LogP contribution in [0.2, 0.25) is 0 Å². The fraction of sp³-hybridized carbons (Fsp3) is 0.353. The molecule has 1 aromatic carbocycles. The van der Waals surface area contributed by atoms with Gasteiger partial charge in [-0.2, -0.15) is 0 Å². The van der Waals surface area contributed by atoms with E-state index in [1.165, 1.54) is 16.9 Å². The Morgan fingerprint density at radius 1 is 1.30 bits per heavy atom. The standard InChI is InChI=1S/C17H20N2O3S/c1-3-12-4-6-13(7-5-12)16-19-14(10-23-16)8-15(20)18-9-11(2)17(21)22/h4-7,10-11H,3,8-9H2,1-2H3,(H,18,20)(H,21,22). The Kier molecular flexibility index (Phi) is 5.87. The molecule has 1 atom stereocenters. The van der Waals surface area contributed by atoms with Crippen LogP contribution in [-0.4, -0.2) is 28.5 Å². The Labute approximate surface area is 139 Å². The molecule has 122 valence electrons. The lowest BCUT2D eigenvalue weighted by molar-refractivity contribution is -0.141. The maximum atomic E-state index is 11.8. The van der Waals surface area contributed by atoms with Gasteiger partial charge < -0.3 is 10.4 Å². The van der Waals surface area contributed by atoms with Gasteiger partial charge in [0.2, 0.25) is 5.91 Å².